The molecule has 1 unspecified atom stereocenters. The number of rotatable bonds is 5. The summed E-state index contributed by atoms with van der Waals surface area (Å²) in [6.07, 6.45) is -2.53. The highest BCUT2D eigenvalue weighted by molar-refractivity contribution is 5.46. The molecule has 2 rings (SSSR count). The molecule has 0 amide bonds. The summed E-state index contributed by atoms with van der Waals surface area (Å²) in [4.78, 5) is 0. The molecule has 0 saturated heterocycles. The van der Waals surface area contributed by atoms with Gasteiger partial charge in [-0.15, -0.1) is 0 Å². The van der Waals surface area contributed by atoms with Crippen LogP contribution in [0.5, 0.6) is 0 Å². The second-order valence-corrected chi connectivity index (χ2v) is 4.41. The van der Waals surface area contributed by atoms with Gasteiger partial charge in [0, 0.05) is 17.8 Å². The van der Waals surface area contributed by atoms with Crippen LogP contribution in [0.25, 0.3) is 0 Å². The minimum Gasteiger partial charge on any atom is -0.377 e. The van der Waals surface area contributed by atoms with Gasteiger partial charge in [-0.2, -0.15) is 0 Å². The van der Waals surface area contributed by atoms with Gasteiger partial charge in [0.1, 0.15) is 5.82 Å². The van der Waals surface area contributed by atoms with Crippen molar-refractivity contribution in [2.24, 2.45) is 5.73 Å². The molecule has 0 saturated carbocycles. The third kappa shape index (κ3) is 3.51. The number of nitrogens with one attached hydrogen (secondary N) is 1. The van der Waals surface area contributed by atoms with Crippen LogP contribution in [-0.4, -0.2) is 6.54 Å². The van der Waals surface area contributed by atoms with Gasteiger partial charge in [-0.3, -0.25) is 0 Å². The van der Waals surface area contributed by atoms with Gasteiger partial charge in [0.15, 0.2) is 0 Å². The molecule has 0 aliphatic carbocycles. The number of hydrogen-bond donors (Lipinski definition) is 2. The van der Waals surface area contributed by atoms with Gasteiger partial charge in [-0.1, -0.05) is 24.3 Å². The van der Waals surface area contributed by atoms with E-state index in [0.717, 1.165) is 0 Å². The quantitative estimate of drug-likeness (QED) is 0.872. The summed E-state index contributed by atoms with van der Waals surface area (Å²) in [5.74, 6) is -0.368. The summed E-state index contributed by atoms with van der Waals surface area (Å²) in [6.45, 7) is 0.212. The zero-order valence-corrected chi connectivity index (χ0v) is 10.7. The largest absolute Gasteiger partial charge is 0.377 e. The number of nitrogens with two attached hydrogens (primary N) is 1. The minimum absolute atomic E-state index is 0.0537. The predicted octanol–water partition coefficient (Wildman–Crippen LogP) is 3.88. The van der Waals surface area contributed by atoms with E-state index in [9.17, 15) is 13.2 Å². The molecule has 0 aliphatic heterocycles. The third-order valence-corrected chi connectivity index (χ3v) is 2.97. The first-order valence-electron chi connectivity index (χ1n) is 6.20. The Kier molecular flexibility index (Phi) is 4.63. The monoisotopic (exact) mass is 280 g/mol. The fourth-order valence-electron chi connectivity index (χ4n) is 1.97. The van der Waals surface area contributed by atoms with Crippen molar-refractivity contribution in [3.8, 4) is 0 Å². The Labute approximate surface area is 115 Å². The molecule has 1 atom stereocenters. The molecule has 0 aromatic heterocycles. The van der Waals surface area contributed by atoms with Crippen LogP contribution in [0.15, 0.2) is 48.5 Å². The topological polar surface area (TPSA) is 38.0 Å². The molecular weight excluding hydrogens is 265 g/mol. The van der Waals surface area contributed by atoms with Crippen LogP contribution in [-0.2, 0) is 0 Å². The van der Waals surface area contributed by atoms with Crippen LogP contribution >= 0.6 is 0 Å². The first-order chi connectivity index (χ1) is 9.60. The van der Waals surface area contributed by atoms with Gasteiger partial charge in [-0.25, -0.2) is 13.2 Å². The highest BCUT2D eigenvalue weighted by Gasteiger charge is 2.13. The van der Waals surface area contributed by atoms with Gasteiger partial charge in [-0.05, 0) is 29.8 Å². The van der Waals surface area contributed by atoms with Crippen molar-refractivity contribution in [2.45, 2.75) is 12.5 Å². The summed E-state index contributed by atoms with van der Waals surface area (Å²) >= 11 is 0. The molecule has 3 N–H and O–H groups in total. The molecule has 5 heteroatoms. The predicted molar refractivity (Wildman–Crippen MR) is 73.2 cm³/mol. The van der Waals surface area contributed by atoms with E-state index in [1.165, 1.54) is 24.3 Å². The highest BCUT2D eigenvalue weighted by Crippen LogP contribution is 2.24. The second kappa shape index (κ2) is 6.43. The number of halogens is 3. The molecule has 20 heavy (non-hydrogen) atoms. The van der Waals surface area contributed by atoms with Crippen molar-refractivity contribution < 1.29 is 13.2 Å². The van der Waals surface area contributed by atoms with Gasteiger partial charge >= 0.3 is 0 Å². The summed E-state index contributed by atoms with van der Waals surface area (Å²) in [5, 5.41) is 3.04. The van der Waals surface area contributed by atoms with Gasteiger partial charge in [0.05, 0.1) is 6.04 Å². The molecule has 2 nitrogen and oxygen atoms in total. The summed E-state index contributed by atoms with van der Waals surface area (Å²) in [6, 6.07) is 11.6. The lowest BCUT2D eigenvalue weighted by molar-refractivity contribution is 0.151. The number of alkyl halides is 2. The maximum atomic E-state index is 13.1. The Morgan fingerprint density at radius 1 is 1.00 bits per heavy atom. The average molecular weight is 280 g/mol. The molecule has 0 aliphatic rings. The number of hydrogen-bond acceptors (Lipinski definition) is 2. The molecule has 2 aromatic rings. The van der Waals surface area contributed by atoms with Crippen LogP contribution in [0, 0.1) is 5.82 Å². The molecule has 0 radical (unpaired) electrons. The molecule has 2 aromatic carbocycles. The van der Waals surface area contributed by atoms with E-state index < -0.39 is 6.43 Å². The Balaban J connectivity index is 2.22. The second-order valence-electron chi connectivity index (χ2n) is 4.41. The Hall–Kier alpha value is -2.01. The number of anilines is 1. The zero-order valence-electron chi connectivity index (χ0n) is 10.7. The van der Waals surface area contributed by atoms with E-state index in [0.29, 0.717) is 11.3 Å². The molecule has 0 bridgehead atoms. The molecule has 0 fully saturated rings. The van der Waals surface area contributed by atoms with E-state index in [-0.39, 0.29) is 24.0 Å². The SMILES string of the molecule is NCC(Nc1cccc(F)c1)c1cccc(C(F)F)c1. The van der Waals surface area contributed by atoms with Gasteiger partial charge < -0.3 is 11.1 Å². The Morgan fingerprint density at radius 3 is 2.35 bits per heavy atom. The van der Waals surface area contributed by atoms with Gasteiger partial charge in [0.25, 0.3) is 6.43 Å². The lowest BCUT2D eigenvalue weighted by Gasteiger charge is -2.19. The Bertz CT molecular complexity index is 573. The van der Waals surface area contributed by atoms with E-state index in [4.69, 9.17) is 5.73 Å². The number of benzene rings is 2. The smallest absolute Gasteiger partial charge is 0.263 e. The van der Waals surface area contributed by atoms with Crippen molar-refractivity contribution in [1.82, 2.24) is 0 Å². The normalized spacial score (nSPS) is 12.4. The van der Waals surface area contributed by atoms with Crippen molar-refractivity contribution in [2.75, 3.05) is 11.9 Å². The first kappa shape index (κ1) is 14.4. The first-order valence-corrected chi connectivity index (χ1v) is 6.20. The van der Waals surface area contributed by atoms with Crippen molar-refractivity contribution in [3.63, 3.8) is 0 Å². The fourth-order valence-corrected chi connectivity index (χ4v) is 1.97. The maximum absolute atomic E-state index is 13.1. The molecular formula is C15H15F3N2. The maximum Gasteiger partial charge on any atom is 0.263 e. The van der Waals surface area contributed by atoms with Crippen LogP contribution in [0.4, 0.5) is 18.9 Å². The minimum atomic E-state index is -2.53. The summed E-state index contributed by atoms with van der Waals surface area (Å²) in [7, 11) is 0. The van der Waals surface area contributed by atoms with E-state index in [1.807, 2.05) is 0 Å². The lowest BCUT2D eigenvalue weighted by Crippen LogP contribution is -2.20. The van der Waals surface area contributed by atoms with Crippen molar-refractivity contribution >= 4 is 5.69 Å². The average Bonchev–Trinajstić information content (AvgIpc) is 2.45. The third-order valence-electron chi connectivity index (χ3n) is 2.97. The van der Waals surface area contributed by atoms with Crippen LogP contribution < -0.4 is 11.1 Å². The van der Waals surface area contributed by atoms with E-state index in [1.54, 1.807) is 24.3 Å². The zero-order chi connectivity index (χ0) is 14.5. The van der Waals surface area contributed by atoms with Crippen LogP contribution in [0.3, 0.4) is 0 Å². The molecule has 0 heterocycles. The highest BCUT2D eigenvalue weighted by atomic mass is 19.3. The van der Waals surface area contributed by atoms with E-state index in [2.05, 4.69) is 5.32 Å². The van der Waals surface area contributed by atoms with Crippen molar-refractivity contribution in [3.05, 3.63) is 65.5 Å². The Morgan fingerprint density at radius 2 is 1.70 bits per heavy atom. The lowest BCUT2D eigenvalue weighted by atomic mass is 10.0. The standard InChI is InChI=1S/C15H15F3N2/c16-12-5-2-6-13(8-12)20-14(9-19)10-3-1-4-11(7-10)15(17)18/h1-8,14-15,20H,9,19H2. The summed E-state index contributed by atoms with van der Waals surface area (Å²) < 4.78 is 38.5. The summed E-state index contributed by atoms with van der Waals surface area (Å²) in [5.41, 5.74) is 6.83. The molecule has 0 spiro atoms. The molecule has 106 valence electrons. The van der Waals surface area contributed by atoms with Crippen molar-refractivity contribution in [1.29, 1.82) is 0 Å². The fraction of sp³-hybridized carbons (Fsp3) is 0.200. The van der Waals surface area contributed by atoms with E-state index >= 15 is 0 Å². The van der Waals surface area contributed by atoms with Crippen LogP contribution in [0.2, 0.25) is 0 Å². The van der Waals surface area contributed by atoms with Crippen LogP contribution in [0.1, 0.15) is 23.6 Å². The van der Waals surface area contributed by atoms with Gasteiger partial charge in [0.2, 0.25) is 0 Å².